The Morgan fingerprint density at radius 1 is 1.41 bits per heavy atom. The number of nitrogens with one attached hydrogen (secondary N) is 1. The van der Waals surface area contributed by atoms with Gasteiger partial charge in [-0.15, -0.1) is 13.2 Å². The predicted octanol–water partition coefficient (Wildman–Crippen LogP) is 4.94. The molecule has 0 aromatic rings. The van der Waals surface area contributed by atoms with E-state index in [4.69, 9.17) is 5.11 Å². The van der Waals surface area contributed by atoms with E-state index in [1.807, 2.05) is 20.0 Å². The lowest BCUT2D eigenvalue weighted by molar-refractivity contribution is 0.0325. The Morgan fingerprint density at radius 3 is 2.32 bits per heavy atom. The Hall–Kier alpha value is -0.490. The van der Waals surface area contributed by atoms with Gasteiger partial charge in [-0.25, -0.2) is 4.39 Å². The molecule has 0 heterocycles. The Kier molecular flexibility index (Phi) is 27.4. The third kappa shape index (κ3) is 21.8. The van der Waals surface area contributed by atoms with Gasteiger partial charge in [-0.3, -0.25) is 0 Å². The minimum absolute atomic E-state index is 0.0344. The van der Waals surface area contributed by atoms with Gasteiger partial charge in [0.25, 0.3) is 0 Å². The second-order valence-corrected chi connectivity index (χ2v) is 5.30. The smallest absolute Gasteiger partial charge is 0.143 e. The fraction of sp³-hybridized carbons (Fsp3) is 0.647. The molecule has 0 aliphatic carbocycles. The van der Waals surface area contributed by atoms with E-state index in [9.17, 15) is 4.39 Å². The van der Waals surface area contributed by atoms with Crippen LogP contribution in [0, 0.1) is 5.92 Å². The second-order valence-electron chi connectivity index (χ2n) is 4.39. The normalized spacial score (nSPS) is 12.7. The lowest BCUT2D eigenvalue weighted by Gasteiger charge is -2.13. The highest BCUT2D eigenvalue weighted by Gasteiger charge is 2.07. The first kappa shape index (κ1) is 26.4. The van der Waals surface area contributed by atoms with Gasteiger partial charge in [-0.2, -0.15) is 0 Å². The van der Waals surface area contributed by atoms with Crippen LogP contribution in [0.4, 0.5) is 4.39 Å². The number of aliphatic hydroxyl groups is 1. The molecular weight excluding hydrogens is 349 g/mol. The SMILES string of the molecule is C/C=C(Br)\C=C(\F)CCC(CC)CCNC.C=C.COCO. The lowest BCUT2D eigenvalue weighted by Crippen LogP contribution is -2.12. The summed E-state index contributed by atoms with van der Waals surface area (Å²) in [4.78, 5) is 0. The molecule has 3 nitrogen and oxygen atoms in total. The molecular formula is C17H33BrFNO2. The van der Waals surface area contributed by atoms with Gasteiger partial charge in [-0.1, -0.05) is 35.4 Å². The lowest BCUT2D eigenvalue weighted by atomic mass is 9.96. The molecule has 0 spiro atoms. The van der Waals surface area contributed by atoms with E-state index in [2.05, 4.69) is 46.1 Å². The number of aliphatic hydroxyl groups excluding tert-OH is 1. The van der Waals surface area contributed by atoms with Crippen molar-refractivity contribution >= 4 is 15.9 Å². The van der Waals surface area contributed by atoms with Gasteiger partial charge in [0, 0.05) is 11.6 Å². The van der Waals surface area contributed by atoms with Crippen molar-refractivity contribution in [3.63, 3.8) is 0 Å². The molecule has 0 aromatic heterocycles. The quantitative estimate of drug-likeness (QED) is 0.337. The van der Waals surface area contributed by atoms with Crippen LogP contribution < -0.4 is 5.32 Å². The molecule has 0 fully saturated rings. The van der Waals surface area contributed by atoms with Gasteiger partial charge in [-0.05, 0) is 51.8 Å². The van der Waals surface area contributed by atoms with Crippen LogP contribution in [-0.2, 0) is 4.74 Å². The Balaban J connectivity index is -0.000000516. The Bertz CT molecular complexity index is 282. The van der Waals surface area contributed by atoms with Crippen molar-refractivity contribution in [1.29, 1.82) is 0 Å². The number of rotatable bonds is 9. The second kappa shape index (κ2) is 22.8. The number of hydrogen-bond donors (Lipinski definition) is 2. The van der Waals surface area contributed by atoms with Gasteiger partial charge >= 0.3 is 0 Å². The van der Waals surface area contributed by atoms with Crippen LogP contribution in [0.15, 0.2) is 35.6 Å². The van der Waals surface area contributed by atoms with Crippen LogP contribution in [0.3, 0.4) is 0 Å². The van der Waals surface area contributed by atoms with Crippen LogP contribution in [0.2, 0.25) is 0 Å². The summed E-state index contributed by atoms with van der Waals surface area (Å²) in [5.41, 5.74) is 0. The first-order valence-corrected chi connectivity index (χ1v) is 8.27. The predicted molar refractivity (Wildman–Crippen MR) is 98.8 cm³/mol. The molecule has 5 heteroatoms. The summed E-state index contributed by atoms with van der Waals surface area (Å²) in [5.74, 6) is 0.587. The molecule has 0 aromatic carbocycles. The van der Waals surface area contributed by atoms with Crippen LogP contribution >= 0.6 is 15.9 Å². The molecule has 0 rings (SSSR count). The fourth-order valence-corrected chi connectivity index (χ4v) is 1.80. The number of methoxy groups -OCH3 is 1. The first-order chi connectivity index (χ1) is 10.5. The molecule has 132 valence electrons. The maximum Gasteiger partial charge on any atom is 0.143 e. The molecule has 0 radical (unpaired) electrons. The van der Waals surface area contributed by atoms with Crippen molar-refractivity contribution in [1.82, 2.24) is 5.32 Å². The fourth-order valence-electron chi connectivity index (χ4n) is 1.55. The van der Waals surface area contributed by atoms with E-state index in [1.54, 1.807) is 6.08 Å². The van der Waals surface area contributed by atoms with Gasteiger partial charge in [0.2, 0.25) is 0 Å². The molecule has 0 saturated carbocycles. The summed E-state index contributed by atoms with van der Waals surface area (Å²) in [7, 11) is 3.39. The molecule has 0 amide bonds. The zero-order valence-electron chi connectivity index (χ0n) is 14.5. The Morgan fingerprint density at radius 2 is 1.95 bits per heavy atom. The maximum atomic E-state index is 13.4. The molecule has 0 aliphatic rings. The van der Waals surface area contributed by atoms with E-state index in [0.717, 1.165) is 30.3 Å². The number of allylic oxidation sites excluding steroid dienone is 4. The molecule has 1 atom stereocenters. The van der Waals surface area contributed by atoms with Gasteiger partial charge in [0.1, 0.15) is 12.6 Å². The standard InChI is InChI=1S/C13H23BrFN.C2H6O2.C2H4/c1-4-11(8-9-16-3)6-7-13(15)10-12(14)5-2;1-4-2-3;1-2/h5,10-11,16H,4,6-9H2,1-3H3;3H,2H2,1H3;1-2H2/b12-5+,13-10+;;. The van der Waals surface area contributed by atoms with E-state index in [0.29, 0.717) is 12.3 Å². The van der Waals surface area contributed by atoms with E-state index < -0.39 is 0 Å². The summed E-state index contributed by atoms with van der Waals surface area (Å²) in [6.07, 6.45) is 7.14. The van der Waals surface area contributed by atoms with E-state index >= 15 is 0 Å². The molecule has 0 bridgehead atoms. The van der Waals surface area contributed by atoms with Crippen LogP contribution in [0.1, 0.15) is 39.5 Å². The van der Waals surface area contributed by atoms with Crippen LogP contribution in [0.5, 0.6) is 0 Å². The molecule has 2 N–H and O–H groups in total. The highest BCUT2D eigenvalue weighted by Crippen LogP contribution is 2.21. The van der Waals surface area contributed by atoms with Crippen molar-refractivity contribution in [2.45, 2.75) is 39.5 Å². The van der Waals surface area contributed by atoms with Crippen molar-refractivity contribution in [2.24, 2.45) is 5.92 Å². The maximum absolute atomic E-state index is 13.4. The topological polar surface area (TPSA) is 41.5 Å². The number of halogens is 2. The summed E-state index contributed by atoms with van der Waals surface area (Å²) in [6.45, 7) is 10.9. The highest BCUT2D eigenvalue weighted by molar-refractivity contribution is 9.11. The minimum Gasteiger partial charge on any atom is -0.371 e. The summed E-state index contributed by atoms with van der Waals surface area (Å²) in [5, 5.41) is 10.8. The number of hydrogen-bond acceptors (Lipinski definition) is 3. The third-order valence-corrected chi connectivity index (χ3v) is 3.56. The van der Waals surface area contributed by atoms with Crippen molar-refractivity contribution < 1.29 is 14.2 Å². The molecule has 0 saturated heterocycles. The zero-order valence-corrected chi connectivity index (χ0v) is 16.1. The largest absolute Gasteiger partial charge is 0.371 e. The zero-order chi connectivity index (χ0) is 17.8. The summed E-state index contributed by atoms with van der Waals surface area (Å²) >= 11 is 3.28. The first-order valence-electron chi connectivity index (χ1n) is 7.47. The van der Waals surface area contributed by atoms with Crippen molar-refractivity contribution in [3.05, 3.63) is 35.6 Å². The van der Waals surface area contributed by atoms with Crippen LogP contribution in [0.25, 0.3) is 0 Å². The van der Waals surface area contributed by atoms with Gasteiger partial charge in [0.15, 0.2) is 0 Å². The van der Waals surface area contributed by atoms with Gasteiger partial charge < -0.3 is 15.2 Å². The molecule has 0 aliphatic heterocycles. The molecule has 22 heavy (non-hydrogen) atoms. The monoisotopic (exact) mass is 381 g/mol. The number of ether oxygens (including phenoxy) is 1. The van der Waals surface area contributed by atoms with Crippen molar-refractivity contribution in [2.75, 3.05) is 27.5 Å². The average Bonchev–Trinajstić information content (AvgIpc) is 2.56. The summed E-state index contributed by atoms with van der Waals surface area (Å²) < 4.78 is 18.3. The third-order valence-electron chi connectivity index (χ3n) is 2.87. The van der Waals surface area contributed by atoms with Crippen molar-refractivity contribution in [3.8, 4) is 0 Å². The summed E-state index contributed by atoms with van der Waals surface area (Å²) in [6, 6.07) is 0. The molecule has 1 unspecified atom stereocenters. The van der Waals surface area contributed by atoms with E-state index in [-0.39, 0.29) is 12.6 Å². The van der Waals surface area contributed by atoms with Crippen LogP contribution in [-0.4, -0.2) is 32.6 Å². The van der Waals surface area contributed by atoms with E-state index in [1.165, 1.54) is 7.11 Å². The average molecular weight is 382 g/mol. The Labute approximate surface area is 144 Å². The highest BCUT2D eigenvalue weighted by atomic mass is 79.9. The van der Waals surface area contributed by atoms with Gasteiger partial charge in [0.05, 0.1) is 0 Å². The minimum atomic E-state index is -0.181.